The summed E-state index contributed by atoms with van der Waals surface area (Å²) in [6.07, 6.45) is -0.842. The molecule has 3 aromatic heterocycles. The van der Waals surface area contributed by atoms with Gasteiger partial charge in [-0.25, -0.2) is 9.97 Å². The Balaban J connectivity index is 1.31. The van der Waals surface area contributed by atoms with Crippen LogP contribution in [0.25, 0.3) is 37.7 Å². The van der Waals surface area contributed by atoms with Gasteiger partial charge in [-0.05, 0) is 62.2 Å². The number of methoxy groups -OCH3 is 2. The molecule has 0 bridgehead atoms. The Morgan fingerprint density at radius 2 is 1.23 bits per heavy atom. The molecule has 0 aliphatic rings. The number of imidazole rings is 1. The second kappa shape index (κ2) is 22.8. The number of pyridine rings is 1. The highest BCUT2D eigenvalue weighted by molar-refractivity contribution is 7.87. The monoisotopic (exact) mass is 1300 g/mol. The molecule has 0 saturated heterocycles. The number of aromatic nitrogens is 3. The SMILES string of the molecule is COc1cc(N=Nc2c(S(=O)(=O)O)cc3c(S(=O)(=O)O)c(N=Nc4c(C)c(C#N)c5nc6ccccc6n5c4O)ccc3c2O)c(N(CCCS(=O)(=O)O)CCCS(=O)(=O)O)cc1N=Nc1nc2cc(S(=O)(=O)O)c(OC)c(S(=O)(=O)O)c2s1. The van der Waals surface area contributed by atoms with Gasteiger partial charge in [0, 0.05) is 35.5 Å². The molecule has 0 fully saturated rings. The number of ether oxygens (including phenoxy) is 2. The summed E-state index contributed by atoms with van der Waals surface area (Å²) in [4.78, 5) is 4.82. The lowest BCUT2D eigenvalue weighted by Crippen LogP contribution is -2.28. The maximum absolute atomic E-state index is 13.2. The van der Waals surface area contributed by atoms with E-state index in [0.29, 0.717) is 34.5 Å². The average Bonchev–Trinajstić information content (AvgIpc) is 2.62. The van der Waals surface area contributed by atoms with E-state index in [1.54, 1.807) is 24.3 Å². The van der Waals surface area contributed by atoms with Gasteiger partial charge in [0.2, 0.25) is 11.0 Å². The highest BCUT2D eigenvalue weighted by atomic mass is 32.2. The number of phenols is 1. The Morgan fingerprint density at radius 1 is 0.631 bits per heavy atom. The van der Waals surface area contributed by atoms with Crippen molar-refractivity contribution in [1.29, 1.82) is 5.26 Å². The first-order chi connectivity index (χ1) is 39.1. The first-order valence-corrected chi connectivity index (χ1v) is 32.7. The second-order valence-electron chi connectivity index (χ2n) is 17.5. The number of anilines is 1. The molecule has 0 saturated carbocycles. The summed E-state index contributed by atoms with van der Waals surface area (Å²) in [7, 11) is -29.2. The van der Waals surface area contributed by atoms with Crippen molar-refractivity contribution in [3.63, 3.8) is 0 Å². The summed E-state index contributed by atoms with van der Waals surface area (Å²) < 4.78 is 221. The molecule has 33 nitrogen and oxygen atoms in total. The van der Waals surface area contributed by atoms with E-state index in [4.69, 9.17) is 9.47 Å². The smallest absolute Gasteiger partial charge is 0.299 e. The van der Waals surface area contributed by atoms with Crippen LogP contribution in [0.2, 0.25) is 0 Å². The molecule has 444 valence electrons. The molecule has 0 spiro atoms. The van der Waals surface area contributed by atoms with E-state index in [2.05, 4.69) is 40.7 Å². The number of para-hydroxylation sites is 2. The topological polar surface area (TPSA) is 517 Å². The third kappa shape index (κ3) is 12.9. The molecule has 0 radical (unpaired) electrons. The molecule has 84 heavy (non-hydrogen) atoms. The standard InChI is InChI=1S/C44H39N11O22S7/c1-21-24(20-45)42-46-25-8-4-5-9-30(25)55(42)43(57)35(21)51-48-26-11-10-22-23(40(26)83(70,71)72)16-33(81(64,65)66)36(37(22)56)52-49-27-18-32(76-2)28(17-31(27)54(12-6-14-79(58,59)60)13-7-15-80(61,62)63)50-53-44-47-29-19-34(82(67,68)69)38(77-3)41(39(29)78-44)84(73,74)75/h4-5,8-11,16-19,56-57H,6-7,12-15H2,1-3H3,(H,58,59,60)(H,61,62,63)(H,64,65,66)(H,67,68,69)(H,70,71,72)(H,73,74,75). The highest BCUT2D eigenvalue weighted by Gasteiger charge is 2.33. The summed E-state index contributed by atoms with van der Waals surface area (Å²) in [5.41, 5.74) is -3.09. The molecule has 0 amide bonds. The Morgan fingerprint density at radius 3 is 1.80 bits per heavy atom. The normalized spacial score (nSPS) is 13.1. The number of phenolic OH excluding ortho intramolecular Hbond substituents is 1. The van der Waals surface area contributed by atoms with Crippen LogP contribution < -0.4 is 14.4 Å². The van der Waals surface area contributed by atoms with Crippen LogP contribution in [0.4, 0.5) is 39.3 Å². The van der Waals surface area contributed by atoms with E-state index in [9.17, 15) is 93.3 Å². The maximum atomic E-state index is 13.2. The van der Waals surface area contributed by atoms with Crippen molar-refractivity contribution in [2.75, 3.05) is 43.7 Å². The van der Waals surface area contributed by atoms with Crippen molar-refractivity contribution in [3.8, 4) is 29.2 Å². The van der Waals surface area contributed by atoms with E-state index in [0.717, 1.165) is 38.5 Å². The first-order valence-electron chi connectivity index (χ1n) is 23.0. The summed E-state index contributed by atoms with van der Waals surface area (Å²) in [5.74, 6) is -4.94. The van der Waals surface area contributed by atoms with Crippen LogP contribution >= 0.6 is 11.3 Å². The first kappa shape index (κ1) is 62.0. The van der Waals surface area contributed by atoms with Crippen molar-refractivity contribution >= 4 is 149 Å². The van der Waals surface area contributed by atoms with Gasteiger partial charge in [-0.15, -0.1) is 30.7 Å². The molecule has 3 heterocycles. The van der Waals surface area contributed by atoms with Gasteiger partial charge in [0.05, 0.1) is 52.7 Å². The minimum absolute atomic E-state index is 0.0163. The van der Waals surface area contributed by atoms with E-state index >= 15 is 0 Å². The molecular formula is C44H39N11O22S7. The van der Waals surface area contributed by atoms with Crippen LogP contribution in [-0.4, -0.2) is 141 Å². The number of hydrogen-bond acceptors (Lipinski definition) is 27. The van der Waals surface area contributed by atoms with Gasteiger partial charge >= 0.3 is 0 Å². The molecule has 8 N–H and O–H groups in total. The fourth-order valence-corrected chi connectivity index (χ4v) is 13.8. The van der Waals surface area contributed by atoms with E-state index in [-0.39, 0.29) is 39.6 Å². The molecule has 0 atom stereocenters. The van der Waals surface area contributed by atoms with Crippen LogP contribution in [-0.2, 0) is 60.7 Å². The molecule has 8 aromatic rings. The third-order valence-electron chi connectivity index (χ3n) is 12.1. The van der Waals surface area contributed by atoms with Gasteiger partial charge in [0.15, 0.2) is 27.7 Å². The lowest BCUT2D eigenvalue weighted by Gasteiger charge is -2.26. The van der Waals surface area contributed by atoms with Crippen molar-refractivity contribution < 1.29 is 97.5 Å². The van der Waals surface area contributed by atoms with Crippen molar-refractivity contribution in [3.05, 3.63) is 71.8 Å². The lowest BCUT2D eigenvalue weighted by molar-refractivity contribution is 0.383. The maximum Gasteiger partial charge on any atom is 0.299 e. The summed E-state index contributed by atoms with van der Waals surface area (Å²) in [6.45, 7) is 0.530. The second-order valence-corrected chi connectivity index (χ2v) is 27.1. The fraction of sp³-hybridized carbons (Fsp3) is 0.205. The Bertz CT molecular complexity index is 4910. The Kier molecular flexibility index (Phi) is 16.9. The molecule has 0 unspecified atom stereocenters. The molecule has 40 heteroatoms. The van der Waals surface area contributed by atoms with Crippen molar-refractivity contribution in [2.45, 2.75) is 39.3 Å². The summed E-state index contributed by atoms with van der Waals surface area (Å²) >= 11 is 0.406. The third-order valence-corrected chi connectivity index (χ3v) is 18.4. The van der Waals surface area contributed by atoms with Crippen molar-refractivity contribution in [2.24, 2.45) is 30.7 Å². The zero-order chi connectivity index (χ0) is 61.8. The molecule has 5 aromatic carbocycles. The zero-order valence-corrected chi connectivity index (χ0v) is 48.3. The molecule has 8 rings (SSSR count). The van der Waals surface area contributed by atoms with Crippen molar-refractivity contribution in [1.82, 2.24) is 14.4 Å². The van der Waals surface area contributed by atoms with E-state index in [1.165, 1.54) is 16.2 Å². The minimum atomic E-state index is -5.64. The van der Waals surface area contributed by atoms with Crippen LogP contribution in [0.5, 0.6) is 23.1 Å². The highest BCUT2D eigenvalue weighted by Crippen LogP contribution is 2.49. The Hall–Kier alpha value is -8.05. The van der Waals surface area contributed by atoms with Gasteiger partial charge < -0.3 is 24.6 Å². The van der Waals surface area contributed by atoms with Crippen LogP contribution in [0.15, 0.2) is 111 Å². The number of benzene rings is 5. The van der Waals surface area contributed by atoms with Gasteiger partial charge in [-0.3, -0.25) is 31.7 Å². The van der Waals surface area contributed by atoms with E-state index in [1.807, 2.05) is 6.07 Å². The quantitative estimate of drug-likeness (QED) is 0.0255. The summed E-state index contributed by atoms with van der Waals surface area (Å²) in [6, 6.07) is 13.5. The van der Waals surface area contributed by atoms with Crippen LogP contribution in [0.3, 0.4) is 0 Å². The number of fused-ring (bicyclic) bond motifs is 5. The Labute approximate surface area is 478 Å². The largest absolute Gasteiger partial charge is 0.505 e. The predicted octanol–water partition coefficient (Wildman–Crippen LogP) is 7.45. The van der Waals surface area contributed by atoms with Gasteiger partial charge in [-0.1, -0.05) is 23.5 Å². The zero-order valence-electron chi connectivity index (χ0n) is 42.6. The number of azo groups is 3. The molecule has 0 aliphatic heterocycles. The summed E-state index contributed by atoms with van der Waals surface area (Å²) in [5, 5.41) is 55.4. The number of aromatic hydroxyl groups is 2. The molecule has 0 aliphatic carbocycles. The number of hydrogen-bond donors (Lipinski definition) is 8. The van der Waals surface area contributed by atoms with E-state index < -0.39 is 178 Å². The number of nitrogens with zero attached hydrogens (tertiary/aromatic N) is 11. The van der Waals surface area contributed by atoms with Gasteiger partial charge in [-0.2, -0.15) is 55.8 Å². The minimum Gasteiger partial charge on any atom is -0.505 e. The molecular weight excluding hydrogens is 1260 g/mol. The lowest BCUT2D eigenvalue weighted by atomic mass is 10.1. The number of thiazole rings is 1. The number of nitriles is 1. The number of rotatable bonds is 21. The van der Waals surface area contributed by atoms with Gasteiger partial charge in [0.1, 0.15) is 54.8 Å². The van der Waals surface area contributed by atoms with Crippen LogP contribution in [0.1, 0.15) is 24.0 Å². The van der Waals surface area contributed by atoms with Crippen LogP contribution in [0, 0.1) is 18.3 Å². The average molecular weight is 1300 g/mol. The van der Waals surface area contributed by atoms with Gasteiger partial charge in [0.25, 0.3) is 60.7 Å². The fourth-order valence-electron chi connectivity index (χ4n) is 8.55. The predicted molar refractivity (Wildman–Crippen MR) is 295 cm³/mol.